The van der Waals surface area contributed by atoms with Crippen LogP contribution in [0.3, 0.4) is 0 Å². The van der Waals surface area contributed by atoms with E-state index in [1.54, 1.807) is 77.7 Å². The van der Waals surface area contributed by atoms with Crippen molar-refractivity contribution in [2.75, 3.05) is 41.9 Å². The molecule has 0 spiro atoms. The number of alkyl carbamates (subject to hydrolysis) is 2. The lowest BCUT2D eigenvalue weighted by atomic mass is 9.77. The van der Waals surface area contributed by atoms with E-state index in [2.05, 4.69) is 20.9 Å². The van der Waals surface area contributed by atoms with Gasteiger partial charge < -0.3 is 73.5 Å². The molecule has 18 atom stereocenters. The van der Waals surface area contributed by atoms with E-state index < -0.39 is 108 Å². The number of hydrogen-bond acceptors (Lipinski definition) is 19. The summed E-state index contributed by atoms with van der Waals surface area (Å²) < 4.78 is 58.3. The van der Waals surface area contributed by atoms with E-state index in [1.165, 1.54) is 14.0 Å². The van der Waals surface area contributed by atoms with E-state index in [9.17, 15) is 24.9 Å². The lowest BCUT2D eigenvalue weighted by Gasteiger charge is -2.49. The number of aliphatic hydroxyl groups excluding tert-OH is 1. The molecule has 3 aliphatic rings. The maximum Gasteiger partial charge on any atom is 0.407 e. The van der Waals surface area contributed by atoms with Gasteiger partial charge in [0.2, 0.25) is 0 Å². The van der Waals surface area contributed by atoms with Gasteiger partial charge in [0.05, 0.1) is 62.3 Å². The summed E-state index contributed by atoms with van der Waals surface area (Å²) in [5.74, 6) is -2.45. The summed E-state index contributed by atoms with van der Waals surface area (Å²) in [6, 6.07) is 13.6. The molecule has 5 N–H and O–H groups in total. The number of carbonyl (C=O) groups excluding carboxylic acids is 3. The minimum absolute atomic E-state index is 0.00531. The number of rotatable bonds is 16. The Labute approximate surface area is 482 Å². The first-order chi connectivity index (χ1) is 38.1. The summed E-state index contributed by atoms with van der Waals surface area (Å²) in [5.41, 5.74) is -2.76. The van der Waals surface area contributed by atoms with Crippen LogP contribution in [0.1, 0.15) is 112 Å². The van der Waals surface area contributed by atoms with Crippen molar-refractivity contribution in [3.05, 3.63) is 76.6 Å². The first-order valence-corrected chi connectivity index (χ1v) is 28.5. The molecule has 23 heteroatoms. The standard InChI is InChI=1S/C58H90ClN7O15/c1-16-45-58(10,72)50(80-54(69)60-28-39-21-23-42(73-14)24-22-39)37(6)65(13)30-33(2)26-56(8,71)49(79-53-47(67)44(64(11)12)25-34(3)75-53)35(4)48(36(5)52(68)77-45)78-46-27-57(9,74-15)51(38(7)76-46)81-55(70)61-29-41-32-66(63-62-41)31-40-19-17-18-20-43(40)59/h17-24,32-38,44-51,53,67,71-72H,16,25-31H2,1-15H3,(H,60,69)(H,61,70)/t33-,34-,35+,36-,37+,38+,44+,45+,46+,47-,48-,49-,50+,51+,53+,56-,57-,58-/m1/s1. The number of aromatic nitrogens is 3. The highest BCUT2D eigenvalue weighted by atomic mass is 35.5. The number of carbonyl (C=O) groups is 3. The van der Waals surface area contributed by atoms with Gasteiger partial charge in [0.15, 0.2) is 24.8 Å². The number of nitrogens with zero attached hydrogens (tertiary/aromatic N) is 5. The van der Waals surface area contributed by atoms with E-state index in [-0.39, 0.29) is 50.4 Å². The number of benzene rings is 2. The Morgan fingerprint density at radius 2 is 1.54 bits per heavy atom. The summed E-state index contributed by atoms with van der Waals surface area (Å²) in [4.78, 5) is 46.1. The van der Waals surface area contributed by atoms with Crippen LogP contribution < -0.4 is 15.4 Å². The Hall–Kier alpha value is -4.72. The van der Waals surface area contributed by atoms with Gasteiger partial charge in [0.25, 0.3) is 0 Å². The number of esters is 1. The molecule has 454 valence electrons. The second-order valence-corrected chi connectivity index (χ2v) is 23.9. The predicted octanol–water partition coefficient (Wildman–Crippen LogP) is 6.07. The molecule has 2 amide bonds. The number of methoxy groups -OCH3 is 2. The molecule has 6 rings (SSSR count). The van der Waals surface area contributed by atoms with Crippen molar-refractivity contribution >= 4 is 29.8 Å². The van der Waals surface area contributed by atoms with Gasteiger partial charge in [-0.25, -0.2) is 14.3 Å². The number of aliphatic hydroxyl groups is 3. The molecule has 0 unspecified atom stereocenters. The van der Waals surface area contributed by atoms with Crippen LogP contribution in [0.2, 0.25) is 5.02 Å². The molecule has 3 saturated heterocycles. The predicted molar refractivity (Wildman–Crippen MR) is 300 cm³/mol. The largest absolute Gasteiger partial charge is 0.497 e. The molecule has 0 bridgehead atoms. The number of hydrogen-bond donors (Lipinski definition) is 5. The van der Waals surface area contributed by atoms with E-state index >= 15 is 4.79 Å². The average molecular weight is 1160 g/mol. The smallest absolute Gasteiger partial charge is 0.407 e. The molecule has 22 nitrogen and oxygen atoms in total. The molecular formula is C58H90ClN7O15. The summed E-state index contributed by atoms with van der Waals surface area (Å²) in [6.45, 7) is 18.3. The van der Waals surface area contributed by atoms with Crippen molar-refractivity contribution in [3.63, 3.8) is 0 Å². The lowest BCUT2D eigenvalue weighted by Crippen LogP contribution is -2.61. The van der Waals surface area contributed by atoms with Crippen molar-refractivity contribution in [1.82, 2.24) is 35.4 Å². The molecule has 3 fully saturated rings. The van der Waals surface area contributed by atoms with Gasteiger partial charge in [-0.2, -0.15) is 0 Å². The van der Waals surface area contributed by atoms with Gasteiger partial charge in [0, 0.05) is 49.6 Å². The highest BCUT2D eigenvalue weighted by Gasteiger charge is 2.54. The fourth-order valence-electron chi connectivity index (χ4n) is 11.8. The third-order valence-corrected chi connectivity index (χ3v) is 16.8. The maximum atomic E-state index is 15.0. The van der Waals surface area contributed by atoms with Gasteiger partial charge in [-0.3, -0.25) is 9.69 Å². The molecule has 81 heavy (non-hydrogen) atoms. The third-order valence-electron chi connectivity index (χ3n) is 16.5. The van der Waals surface area contributed by atoms with Crippen molar-refractivity contribution < 1.29 is 72.3 Å². The zero-order chi connectivity index (χ0) is 59.7. The van der Waals surface area contributed by atoms with Gasteiger partial charge in [-0.1, -0.05) is 67.9 Å². The minimum Gasteiger partial charge on any atom is -0.497 e. The van der Waals surface area contributed by atoms with Crippen molar-refractivity contribution in [2.45, 2.75) is 205 Å². The van der Waals surface area contributed by atoms with Gasteiger partial charge in [-0.15, -0.1) is 5.10 Å². The number of amides is 2. The Kier molecular flexibility index (Phi) is 22.8. The monoisotopic (exact) mass is 1160 g/mol. The van der Waals surface area contributed by atoms with Crippen molar-refractivity contribution in [3.8, 4) is 5.75 Å². The Bertz CT molecular complexity index is 2500. The van der Waals surface area contributed by atoms with Crippen molar-refractivity contribution in [2.24, 2.45) is 17.8 Å². The Balaban J connectivity index is 1.29. The fraction of sp³-hybridized carbons (Fsp3) is 0.707. The molecule has 3 aromatic rings. The van der Waals surface area contributed by atoms with Crippen LogP contribution in [-0.4, -0.2) is 190 Å². The van der Waals surface area contributed by atoms with Gasteiger partial charge >= 0.3 is 18.2 Å². The van der Waals surface area contributed by atoms with E-state index in [0.29, 0.717) is 36.0 Å². The topological polar surface area (TPSA) is 256 Å². The second kappa shape index (κ2) is 28.2. The number of nitrogens with one attached hydrogen (secondary N) is 2. The maximum absolute atomic E-state index is 15.0. The number of halogens is 1. The van der Waals surface area contributed by atoms with E-state index in [1.807, 2.05) is 82.0 Å². The van der Waals surface area contributed by atoms with Crippen molar-refractivity contribution in [1.29, 1.82) is 0 Å². The van der Waals surface area contributed by atoms with Crippen LogP contribution in [-0.2, 0) is 62.3 Å². The Morgan fingerprint density at radius 1 is 0.889 bits per heavy atom. The van der Waals surface area contributed by atoms with Crippen LogP contribution in [0.4, 0.5) is 9.59 Å². The fourth-order valence-corrected chi connectivity index (χ4v) is 12.0. The van der Waals surface area contributed by atoms with E-state index in [4.69, 9.17) is 54.2 Å². The van der Waals surface area contributed by atoms with Crippen LogP contribution in [0, 0.1) is 17.8 Å². The van der Waals surface area contributed by atoms with Crippen LogP contribution in [0.25, 0.3) is 0 Å². The first kappa shape index (κ1) is 65.4. The molecule has 4 heterocycles. The summed E-state index contributed by atoms with van der Waals surface area (Å²) >= 11 is 6.35. The van der Waals surface area contributed by atoms with Crippen LogP contribution >= 0.6 is 11.6 Å². The number of ether oxygens (including phenoxy) is 9. The molecular weight excluding hydrogens is 1070 g/mol. The number of likely N-dealkylation sites (N-methyl/N-ethyl adjacent to an activating group) is 2. The highest BCUT2D eigenvalue weighted by molar-refractivity contribution is 6.31. The second-order valence-electron chi connectivity index (χ2n) is 23.5. The summed E-state index contributed by atoms with van der Waals surface area (Å²) in [7, 11) is 8.63. The summed E-state index contributed by atoms with van der Waals surface area (Å²) in [5, 5.41) is 52.1. The molecule has 0 aliphatic carbocycles. The first-order valence-electron chi connectivity index (χ1n) is 28.1. The zero-order valence-electron chi connectivity index (χ0n) is 49.9. The van der Waals surface area contributed by atoms with E-state index in [0.717, 1.165) is 11.1 Å². The Morgan fingerprint density at radius 3 is 2.17 bits per heavy atom. The minimum atomic E-state index is -1.97. The van der Waals surface area contributed by atoms with Gasteiger partial charge in [-0.05, 0) is 124 Å². The molecule has 2 aromatic carbocycles. The lowest BCUT2D eigenvalue weighted by molar-refractivity contribution is -0.317. The third kappa shape index (κ3) is 16.6. The molecule has 0 saturated carbocycles. The zero-order valence-corrected chi connectivity index (χ0v) is 50.6. The number of cyclic esters (lactones) is 1. The molecule has 0 radical (unpaired) electrons. The highest BCUT2D eigenvalue weighted by Crippen LogP contribution is 2.41. The van der Waals surface area contributed by atoms with Crippen LogP contribution in [0.15, 0.2) is 54.7 Å². The van der Waals surface area contributed by atoms with Crippen LogP contribution in [0.5, 0.6) is 5.75 Å². The summed E-state index contributed by atoms with van der Waals surface area (Å²) in [6.07, 6.45) is -9.53. The van der Waals surface area contributed by atoms with Gasteiger partial charge in [0.1, 0.15) is 34.9 Å². The quantitative estimate of drug-likeness (QED) is 0.0806. The normalized spacial score (nSPS) is 35.7. The SMILES string of the molecule is CC[C@@H]1OC(=O)[C@H](C)[C@H](O[C@H]2C[C@@](C)(OC)[C@@H](OC(=O)NCc3cn(Cc4ccccc4Cl)nn3)[C@H](C)O2)[C@H](C)[C@@H](O[C@@H]2O[C@H](C)C[C@H](N(C)C)[C@H]2O)[C@](C)(O)C[C@@H](C)CN(C)[C@@H](C)[C@H](OC(=O)NCc2ccc(OC)cc2)[C@]1(C)O. The molecule has 3 aliphatic heterocycles. The average Bonchev–Trinajstić information content (AvgIpc) is 3.90. The molecule has 1 aromatic heterocycles.